The number of aryl methyl sites for hydroxylation is 4. The van der Waals surface area contributed by atoms with Gasteiger partial charge >= 0.3 is 0 Å². The molecule has 4 aromatic rings. The second kappa shape index (κ2) is 13.8. The van der Waals surface area contributed by atoms with Crippen LogP contribution in [0.1, 0.15) is 92.8 Å². The summed E-state index contributed by atoms with van der Waals surface area (Å²) in [5, 5.41) is 21.5. The maximum Gasteiger partial charge on any atom is 0.262 e. The van der Waals surface area contributed by atoms with Crippen molar-refractivity contribution in [3.63, 3.8) is 0 Å². The molecule has 2 atom stereocenters. The van der Waals surface area contributed by atoms with E-state index in [0.717, 1.165) is 22.4 Å². The molecular weight excluding hydrogens is 602 g/mol. The predicted octanol–water partition coefficient (Wildman–Crippen LogP) is 7.61. The van der Waals surface area contributed by atoms with Crippen molar-refractivity contribution >= 4 is 23.2 Å². The van der Waals surface area contributed by atoms with Gasteiger partial charge in [-0.15, -0.1) is 0 Å². The van der Waals surface area contributed by atoms with Crippen LogP contribution in [-0.4, -0.2) is 36.5 Å². The number of hydrogen-bond donors (Lipinski definition) is 2. The lowest BCUT2D eigenvalue weighted by Gasteiger charge is -2.36. The molecule has 2 aromatic heterocycles. The third kappa shape index (κ3) is 7.62. The van der Waals surface area contributed by atoms with Gasteiger partial charge in [-0.05, 0) is 64.5 Å². The maximum absolute atomic E-state index is 14.4. The normalized spacial score (nSPS) is 17.0. The molecule has 0 fully saturated rings. The van der Waals surface area contributed by atoms with E-state index in [-0.39, 0.29) is 11.5 Å². The largest absolute Gasteiger partial charge is 0.466 e. The number of benzene rings is 2. The lowest BCUT2D eigenvalue weighted by Crippen LogP contribution is -2.34. The lowest BCUT2D eigenvalue weighted by atomic mass is 9.85. The molecule has 3 heterocycles. The first-order chi connectivity index (χ1) is 21.9. The number of aliphatic hydroxyl groups is 1. The minimum absolute atomic E-state index is 0.0872. The first-order valence-corrected chi connectivity index (χ1v) is 15.8. The molecule has 47 heavy (non-hydrogen) atoms. The van der Waals surface area contributed by atoms with E-state index in [9.17, 15) is 18.7 Å². The summed E-state index contributed by atoms with van der Waals surface area (Å²) in [6, 6.07) is 14.9. The number of aliphatic imine (C=N–C) groups is 1. The van der Waals surface area contributed by atoms with Gasteiger partial charge < -0.3 is 15.2 Å². The Kier molecular flexibility index (Phi) is 10.4. The van der Waals surface area contributed by atoms with Crippen molar-refractivity contribution in [2.45, 2.75) is 79.4 Å². The van der Waals surface area contributed by atoms with Crippen molar-refractivity contribution in [1.29, 1.82) is 0 Å². The number of rotatable bonds is 8. The number of fused-ring (bicyclic) bond motifs is 1. The minimum Gasteiger partial charge on any atom is -0.466 e. The average Bonchev–Trinajstić information content (AvgIpc) is 3.38. The van der Waals surface area contributed by atoms with Gasteiger partial charge in [-0.2, -0.15) is 19.0 Å². The van der Waals surface area contributed by atoms with Gasteiger partial charge in [-0.1, -0.05) is 64.1 Å². The van der Waals surface area contributed by atoms with Gasteiger partial charge in [-0.25, -0.2) is 14.4 Å². The van der Waals surface area contributed by atoms with Gasteiger partial charge in [0.1, 0.15) is 16.7 Å². The summed E-state index contributed by atoms with van der Waals surface area (Å²) in [7, 11) is 3.02. The highest BCUT2D eigenvalue weighted by Crippen LogP contribution is 2.42. The van der Waals surface area contributed by atoms with Crippen molar-refractivity contribution in [3.8, 4) is 0 Å². The Labute approximate surface area is 275 Å². The van der Waals surface area contributed by atoms with E-state index in [2.05, 4.69) is 34.4 Å². The standard InChI is InChI=1S/C18H24FN3O2.C18H22FN3O/c1-11(2)10-18(4,24)13-8-6-7-9-14(13)20-17(23)15-12(3)21-22(5)16(15)19;1-11(2)10-18(4)13-8-6-7-9-14(13)20-17(23-18)15-12(3)21-22(5)16(15)19/h6-9,11,24H,10H2,1-5H3,(H,20,23);6-9,11H,10H2,1-5H3. The highest BCUT2D eigenvalue weighted by Gasteiger charge is 2.38. The molecule has 252 valence electrons. The summed E-state index contributed by atoms with van der Waals surface area (Å²) >= 11 is 0. The van der Waals surface area contributed by atoms with E-state index in [1.54, 1.807) is 52.1 Å². The van der Waals surface area contributed by atoms with Crippen molar-refractivity contribution in [2.24, 2.45) is 30.9 Å². The molecule has 0 spiro atoms. The van der Waals surface area contributed by atoms with E-state index in [1.165, 1.54) is 11.7 Å². The summed E-state index contributed by atoms with van der Waals surface area (Å²) in [6.45, 7) is 15.5. The topological polar surface area (TPSA) is 107 Å². The first-order valence-electron chi connectivity index (χ1n) is 15.8. The van der Waals surface area contributed by atoms with Crippen LogP contribution in [0.5, 0.6) is 0 Å². The molecule has 5 rings (SSSR count). The fraction of sp³-hybridized carbons (Fsp3) is 0.444. The first kappa shape index (κ1) is 35.5. The number of hydrogen-bond acceptors (Lipinski definition) is 6. The molecule has 1 aliphatic rings. The highest BCUT2D eigenvalue weighted by atomic mass is 19.1. The molecular formula is C36H46F2N6O3. The minimum atomic E-state index is -1.10. The predicted molar refractivity (Wildman–Crippen MR) is 180 cm³/mol. The van der Waals surface area contributed by atoms with Gasteiger partial charge in [0.05, 0.1) is 22.7 Å². The number of para-hydroxylation sites is 2. The SMILES string of the molecule is Cc1nn(C)c(F)c1C(=O)Nc1ccccc1C(C)(O)CC(C)C.Cc1nn(C)c(F)c1C1=Nc2ccccc2C(C)(CC(C)C)O1. The summed E-state index contributed by atoms with van der Waals surface area (Å²) in [6.07, 6.45) is 1.37. The van der Waals surface area contributed by atoms with Gasteiger partial charge in [0, 0.05) is 30.9 Å². The van der Waals surface area contributed by atoms with Crippen LogP contribution in [0.4, 0.5) is 20.2 Å². The fourth-order valence-electron chi connectivity index (χ4n) is 6.37. The Balaban J connectivity index is 0.000000213. The molecule has 2 unspecified atom stereocenters. The molecule has 0 saturated heterocycles. The zero-order valence-electron chi connectivity index (χ0n) is 28.9. The van der Waals surface area contributed by atoms with E-state index >= 15 is 0 Å². The van der Waals surface area contributed by atoms with Crippen LogP contribution in [0.3, 0.4) is 0 Å². The molecule has 1 amide bonds. The Bertz CT molecular complexity index is 1790. The van der Waals surface area contributed by atoms with Crippen LogP contribution in [0.25, 0.3) is 0 Å². The number of ether oxygens (including phenoxy) is 1. The van der Waals surface area contributed by atoms with Crippen LogP contribution >= 0.6 is 0 Å². The van der Waals surface area contributed by atoms with E-state index in [4.69, 9.17) is 4.74 Å². The number of aromatic nitrogens is 4. The van der Waals surface area contributed by atoms with E-state index in [0.29, 0.717) is 46.4 Å². The third-order valence-corrected chi connectivity index (χ3v) is 8.12. The molecule has 2 N–H and O–H groups in total. The molecule has 1 aliphatic heterocycles. The Morgan fingerprint density at radius 3 is 2.13 bits per heavy atom. The monoisotopic (exact) mass is 648 g/mol. The zero-order chi connectivity index (χ0) is 34.8. The number of anilines is 1. The maximum atomic E-state index is 14.4. The smallest absolute Gasteiger partial charge is 0.262 e. The van der Waals surface area contributed by atoms with Gasteiger partial charge in [0.15, 0.2) is 0 Å². The molecule has 0 saturated carbocycles. The van der Waals surface area contributed by atoms with Gasteiger partial charge in [0.2, 0.25) is 17.8 Å². The number of amides is 1. The lowest BCUT2D eigenvalue weighted by molar-refractivity contribution is 0.0355. The quantitative estimate of drug-likeness (QED) is 0.205. The number of halogens is 2. The van der Waals surface area contributed by atoms with Crippen LogP contribution in [0.15, 0.2) is 53.5 Å². The Morgan fingerprint density at radius 1 is 0.957 bits per heavy atom. The van der Waals surface area contributed by atoms with Crippen LogP contribution < -0.4 is 5.32 Å². The summed E-state index contributed by atoms with van der Waals surface area (Å²) < 4.78 is 37.0. The molecule has 0 bridgehead atoms. The number of carbonyl (C=O) groups is 1. The third-order valence-electron chi connectivity index (χ3n) is 8.12. The van der Waals surface area contributed by atoms with Crippen molar-refractivity contribution in [1.82, 2.24) is 19.6 Å². The van der Waals surface area contributed by atoms with Crippen LogP contribution in [0, 0.1) is 37.6 Å². The molecule has 0 radical (unpaired) electrons. The van der Waals surface area contributed by atoms with Crippen LogP contribution in [-0.2, 0) is 30.0 Å². The summed E-state index contributed by atoms with van der Waals surface area (Å²) in [5.41, 5.74) is 2.47. The summed E-state index contributed by atoms with van der Waals surface area (Å²) in [4.78, 5) is 17.0. The van der Waals surface area contributed by atoms with Gasteiger partial charge in [0.25, 0.3) is 5.91 Å². The van der Waals surface area contributed by atoms with Crippen molar-refractivity contribution < 1.29 is 23.4 Å². The second-order valence-electron chi connectivity index (χ2n) is 13.5. The molecule has 2 aromatic carbocycles. The second-order valence-corrected chi connectivity index (χ2v) is 13.5. The van der Waals surface area contributed by atoms with E-state index in [1.807, 2.05) is 45.0 Å². The number of nitrogens with zero attached hydrogens (tertiary/aromatic N) is 5. The van der Waals surface area contributed by atoms with Crippen LogP contribution in [0.2, 0.25) is 0 Å². The molecule has 9 nitrogen and oxygen atoms in total. The van der Waals surface area contributed by atoms with Gasteiger partial charge in [-0.3, -0.25) is 4.79 Å². The fourth-order valence-corrected chi connectivity index (χ4v) is 6.37. The number of nitrogens with one attached hydrogen (secondary N) is 1. The van der Waals surface area contributed by atoms with Crippen molar-refractivity contribution in [2.75, 3.05) is 5.32 Å². The Morgan fingerprint density at radius 2 is 1.55 bits per heavy atom. The highest BCUT2D eigenvalue weighted by molar-refractivity contribution is 6.05. The zero-order valence-corrected chi connectivity index (χ0v) is 28.9. The summed E-state index contributed by atoms with van der Waals surface area (Å²) in [5.74, 6) is -0.654. The molecule has 11 heteroatoms. The van der Waals surface area contributed by atoms with E-state index < -0.39 is 29.0 Å². The average molecular weight is 649 g/mol. The molecule has 0 aliphatic carbocycles. The number of carbonyl (C=O) groups excluding carboxylic acids is 1. The Hall–Kier alpha value is -4.38. The van der Waals surface area contributed by atoms with Crippen molar-refractivity contribution in [3.05, 3.63) is 94.1 Å².